The molecule has 0 aromatic heterocycles. The Morgan fingerprint density at radius 3 is 2.27 bits per heavy atom. The molecule has 16 atom stereocenters. The minimum Gasteiger partial charge on any atom is -0.462 e. The van der Waals surface area contributed by atoms with Gasteiger partial charge in [0.2, 0.25) is 0 Å². The summed E-state index contributed by atoms with van der Waals surface area (Å²) < 4.78 is 30.7. The number of esters is 1. The number of ether oxygens (including phenoxy) is 5. The zero-order valence-electron chi connectivity index (χ0n) is 32.2. The summed E-state index contributed by atoms with van der Waals surface area (Å²) in [6, 6.07) is -0.720. The van der Waals surface area contributed by atoms with E-state index in [2.05, 4.69) is 0 Å². The van der Waals surface area contributed by atoms with Crippen molar-refractivity contribution in [3.63, 3.8) is 0 Å². The highest BCUT2D eigenvalue weighted by molar-refractivity contribution is 5.91. The lowest BCUT2D eigenvalue weighted by atomic mass is 9.79. The van der Waals surface area contributed by atoms with Crippen molar-refractivity contribution >= 4 is 18.0 Å². The molecule has 3 aliphatic heterocycles. The van der Waals surface area contributed by atoms with Crippen LogP contribution in [-0.2, 0) is 38.1 Å². The molecule has 14 heteroatoms. The van der Waals surface area contributed by atoms with Crippen LogP contribution in [0.3, 0.4) is 0 Å². The van der Waals surface area contributed by atoms with Crippen molar-refractivity contribution < 1.29 is 63.6 Å². The van der Waals surface area contributed by atoms with E-state index in [-0.39, 0.29) is 31.7 Å². The Bertz CT molecular complexity index is 1240. The van der Waals surface area contributed by atoms with Gasteiger partial charge in [0.25, 0.3) is 0 Å². The summed E-state index contributed by atoms with van der Waals surface area (Å²) in [6.07, 6.45) is -4.08. The van der Waals surface area contributed by atoms with Crippen molar-refractivity contribution in [2.75, 3.05) is 20.7 Å². The molecule has 5 N–H and O–H groups in total. The molecule has 14 nitrogen and oxygen atoms in total. The summed E-state index contributed by atoms with van der Waals surface area (Å²) in [5.74, 6) is -3.38. The molecule has 52 heavy (non-hydrogen) atoms. The fourth-order valence-electron chi connectivity index (χ4n) is 7.68. The van der Waals surface area contributed by atoms with Gasteiger partial charge >= 0.3 is 5.97 Å². The molecule has 0 bridgehead atoms. The molecule has 0 amide bonds. The third kappa shape index (κ3) is 11.2. The van der Waals surface area contributed by atoms with Crippen molar-refractivity contribution in [3.05, 3.63) is 23.8 Å². The summed E-state index contributed by atoms with van der Waals surface area (Å²) in [7, 11) is 3.51. The van der Waals surface area contributed by atoms with Gasteiger partial charge in [-0.05, 0) is 66.6 Å². The number of hydrogen-bond acceptors (Lipinski definition) is 14. The van der Waals surface area contributed by atoms with E-state index in [1.807, 2.05) is 6.92 Å². The largest absolute Gasteiger partial charge is 0.462 e. The molecule has 0 saturated carbocycles. The topological polar surface area (TPSA) is 202 Å². The van der Waals surface area contributed by atoms with E-state index in [4.69, 9.17) is 23.7 Å². The van der Waals surface area contributed by atoms with Gasteiger partial charge in [-0.1, -0.05) is 38.5 Å². The predicted molar refractivity (Wildman–Crippen MR) is 190 cm³/mol. The average molecular weight is 742 g/mol. The van der Waals surface area contributed by atoms with E-state index < -0.39 is 109 Å². The van der Waals surface area contributed by atoms with Crippen LogP contribution in [0.15, 0.2) is 23.8 Å². The number of aldehydes is 1. The smallest absolute Gasteiger partial charge is 0.308 e. The summed E-state index contributed by atoms with van der Waals surface area (Å²) in [5, 5.41) is 54.5. The molecule has 3 rings (SSSR count). The van der Waals surface area contributed by atoms with Gasteiger partial charge in [-0.15, -0.1) is 0 Å². The molecular formula is C38H63NO13. The molecule has 2 fully saturated rings. The van der Waals surface area contributed by atoms with Crippen LogP contribution in [0.5, 0.6) is 0 Å². The maximum atomic E-state index is 13.3. The lowest BCUT2D eigenvalue weighted by molar-refractivity contribution is -0.341. The zero-order valence-corrected chi connectivity index (χ0v) is 32.2. The number of aliphatic hydroxyl groups excluding tert-OH is 4. The number of aliphatic hydroxyl groups is 5. The van der Waals surface area contributed by atoms with E-state index in [0.717, 1.165) is 6.29 Å². The van der Waals surface area contributed by atoms with Gasteiger partial charge in [0, 0.05) is 30.6 Å². The van der Waals surface area contributed by atoms with Gasteiger partial charge in [-0.2, -0.15) is 0 Å². The van der Waals surface area contributed by atoms with Crippen molar-refractivity contribution in [2.24, 2.45) is 23.7 Å². The number of ketones is 1. The van der Waals surface area contributed by atoms with Gasteiger partial charge in [0.1, 0.15) is 30.7 Å². The lowest BCUT2D eigenvalue weighted by Crippen LogP contribution is -2.65. The number of hydrogen-bond donors (Lipinski definition) is 5. The summed E-state index contributed by atoms with van der Waals surface area (Å²) in [6.45, 7) is 11.6. The van der Waals surface area contributed by atoms with Gasteiger partial charge < -0.3 is 58.9 Å². The average Bonchev–Trinajstić information content (AvgIpc) is 3.07. The summed E-state index contributed by atoms with van der Waals surface area (Å²) in [4.78, 5) is 40.3. The van der Waals surface area contributed by atoms with Crippen LogP contribution in [0, 0.1) is 23.7 Å². The van der Waals surface area contributed by atoms with Gasteiger partial charge in [-0.3, -0.25) is 9.59 Å². The first kappa shape index (κ1) is 44.3. The second-order valence-corrected chi connectivity index (χ2v) is 15.5. The van der Waals surface area contributed by atoms with Crippen LogP contribution in [-0.4, -0.2) is 142 Å². The highest BCUT2D eigenvalue weighted by Gasteiger charge is 2.51. The Morgan fingerprint density at radius 1 is 1.02 bits per heavy atom. The molecule has 298 valence electrons. The summed E-state index contributed by atoms with van der Waals surface area (Å²) in [5.41, 5.74) is -0.773. The van der Waals surface area contributed by atoms with Crippen LogP contribution >= 0.6 is 0 Å². The lowest BCUT2D eigenvalue weighted by Gasteiger charge is -2.50. The first-order valence-electron chi connectivity index (χ1n) is 18.5. The van der Waals surface area contributed by atoms with E-state index in [9.17, 15) is 39.9 Å². The fourth-order valence-corrected chi connectivity index (χ4v) is 7.68. The molecule has 3 heterocycles. The SMILES string of the molecule is CCC1OC(=O)C[C@@H](O)[C@H](C)C(O[C@@H]2O[C@H](C)[C@@H](O[C@H]3C[C@@](C)(O)[C@@H](O)[C@H](C)O3)[C@H](N(C)C)[C@H]2O)[C@@H](CC=O)C[C@@H](C)C(=O)/C=C\C(C)=C\[C@@H]1CO. The maximum Gasteiger partial charge on any atom is 0.308 e. The molecule has 0 radical (unpaired) electrons. The molecule has 0 aromatic carbocycles. The van der Waals surface area contributed by atoms with Gasteiger partial charge in [-0.25, -0.2) is 0 Å². The minimum atomic E-state index is -1.47. The minimum absolute atomic E-state index is 0.0210. The molecule has 2 saturated heterocycles. The van der Waals surface area contributed by atoms with Crippen molar-refractivity contribution in [1.29, 1.82) is 0 Å². The van der Waals surface area contributed by atoms with Gasteiger partial charge in [0.15, 0.2) is 18.4 Å². The molecule has 0 aliphatic carbocycles. The second-order valence-electron chi connectivity index (χ2n) is 15.5. The number of carbonyl (C=O) groups excluding carboxylic acids is 3. The van der Waals surface area contributed by atoms with Crippen LogP contribution in [0.1, 0.15) is 80.6 Å². The Hall–Kier alpha value is -2.11. The van der Waals surface area contributed by atoms with Crippen molar-refractivity contribution in [3.8, 4) is 0 Å². The Balaban J connectivity index is 1.96. The first-order chi connectivity index (χ1) is 24.3. The quantitative estimate of drug-likeness (QED) is 0.169. The fraction of sp³-hybridized carbons (Fsp3) is 0.816. The number of likely N-dealkylation sites (N-methyl/N-ethyl adjacent to an activating group) is 1. The number of nitrogens with zero attached hydrogens (tertiary/aromatic N) is 1. The Labute approximate surface area is 308 Å². The summed E-state index contributed by atoms with van der Waals surface area (Å²) >= 11 is 0. The van der Waals surface area contributed by atoms with Gasteiger partial charge in [0.05, 0.1) is 49.1 Å². The van der Waals surface area contributed by atoms with Crippen molar-refractivity contribution in [2.45, 2.75) is 154 Å². The third-order valence-electron chi connectivity index (χ3n) is 10.9. The molecule has 3 aliphatic rings. The zero-order chi connectivity index (χ0) is 39.1. The Kier molecular flexibility index (Phi) is 16.6. The molecular weight excluding hydrogens is 678 g/mol. The van der Waals surface area contributed by atoms with Crippen LogP contribution in [0.25, 0.3) is 0 Å². The predicted octanol–water partition coefficient (Wildman–Crippen LogP) is 1.67. The molecule has 0 aromatic rings. The van der Waals surface area contributed by atoms with Crippen LogP contribution < -0.4 is 0 Å². The second kappa shape index (κ2) is 19.5. The molecule has 2 unspecified atom stereocenters. The molecule has 0 spiro atoms. The third-order valence-corrected chi connectivity index (χ3v) is 10.9. The van der Waals surface area contributed by atoms with Crippen molar-refractivity contribution in [1.82, 2.24) is 4.90 Å². The highest BCUT2D eigenvalue weighted by Crippen LogP contribution is 2.37. The highest BCUT2D eigenvalue weighted by atomic mass is 16.7. The number of cyclic esters (lactones) is 1. The van der Waals surface area contributed by atoms with E-state index in [1.165, 1.54) is 13.0 Å². The normalized spacial score (nSPS) is 44.8. The number of carbonyl (C=O) groups is 3. The van der Waals surface area contributed by atoms with E-state index in [0.29, 0.717) is 12.0 Å². The Morgan fingerprint density at radius 2 is 1.69 bits per heavy atom. The standard InChI is InChI=1S/C38H63NO13/c1-10-29-26(19-41)15-20(2)11-12-27(42)21(3)16-25(13-14-40)34(22(4)28(43)17-30(44)50-29)52-37-33(45)32(39(8)9)35(23(5)49-37)51-31-18-38(7,47)36(46)24(6)48-31/h11-12,14-15,21-26,28-29,31-37,41,43,45-47H,10,13,16-19H2,1-9H3/b12-11-,20-15+/t21-,22+,23-,24+,25+,26-,28-,29?,31+,32-,33-,34?,35-,36+,37+,38-/m1/s1. The number of allylic oxidation sites excluding steroid dienone is 3. The maximum absolute atomic E-state index is 13.3. The monoisotopic (exact) mass is 741 g/mol. The number of rotatable bonds is 9. The van der Waals surface area contributed by atoms with Crippen LogP contribution in [0.2, 0.25) is 0 Å². The van der Waals surface area contributed by atoms with Crippen LogP contribution in [0.4, 0.5) is 0 Å². The van der Waals surface area contributed by atoms with E-state index >= 15 is 0 Å². The van der Waals surface area contributed by atoms with E-state index in [1.54, 1.807) is 65.8 Å². The first-order valence-corrected chi connectivity index (χ1v) is 18.5.